The Morgan fingerprint density at radius 3 is 2.47 bits per heavy atom. The van der Waals surface area contributed by atoms with Crippen LogP contribution in [0.1, 0.15) is 29.5 Å². The van der Waals surface area contributed by atoms with Gasteiger partial charge in [-0.2, -0.15) is 0 Å². The highest BCUT2D eigenvalue weighted by molar-refractivity contribution is 6.52. The number of likely N-dealkylation sites (tertiary alicyclic amines) is 1. The van der Waals surface area contributed by atoms with Crippen LogP contribution in [-0.2, 0) is 23.2 Å². The number of rotatable bonds is 4. The molecule has 2 aliphatic rings. The molecule has 170 valence electrons. The zero-order valence-electron chi connectivity index (χ0n) is 18.9. The number of imide groups is 1. The van der Waals surface area contributed by atoms with Crippen LogP contribution >= 0.6 is 11.6 Å². The minimum Gasteiger partial charge on any atom is -0.350 e. The van der Waals surface area contributed by atoms with E-state index in [1.54, 1.807) is 0 Å². The zero-order valence-corrected chi connectivity index (χ0v) is 19.7. The monoisotopic (exact) mass is 469 g/mol. The summed E-state index contributed by atoms with van der Waals surface area (Å²) in [5.74, 6) is -0.801. The number of nitrogens with zero attached hydrogens (tertiary/aromatic N) is 2. The molecule has 1 fully saturated rings. The lowest BCUT2D eigenvalue weighted by Crippen LogP contribution is -2.22. The van der Waals surface area contributed by atoms with Gasteiger partial charge in [0.2, 0.25) is 0 Å². The maximum atomic E-state index is 13.2. The van der Waals surface area contributed by atoms with Crippen molar-refractivity contribution in [2.45, 2.75) is 19.4 Å². The van der Waals surface area contributed by atoms with E-state index in [4.69, 9.17) is 11.6 Å². The lowest BCUT2D eigenvalue weighted by Gasteiger charge is -2.16. The Morgan fingerprint density at radius 1 is 0.912 bits per heavy atom. The summed E-state index contributed by atoms with van der Waals surface area (Å²) in [7, 11) is 1.94. The van der Waals surface area contributed by atoms with Gasteiger partial charge >= 0.3 is 0 Å². The van der Waals surface area contributed by atoms with Crippen molar-refractivity contribution in [2.24, 2.45) is 7.05 Å². The first-order valence-electron chi connectivity index (χ1n) is 11.6. The van der Waals surface area contributed by atoms with Gasteiger partial charge in [-0.1, -0.05) is 48.0 Å². The zero-order chi connectivity index (χ0) is 23.4. The molecule has 3 aromatic carbocycles. The molecular weight excluding hydrogens is 446 g/mol. The van der Waals surface area contributed by atoms with E-state index in [-0.39, 0.29) is 0 Å². The molecule has 6 rings (SSSR count). The van der Waals surface area contributed by atoms with Gasteiger partial charge in [-0.05, 0) is 60.5 Å². The van der Waals surface area contributed by atoms with Gasteiger partial charge in [-0.25, -0.2) is 0 Å². The van der Waals surface area contributed by atoms with Crippen LogP contribution in [0.25, 0.3) is 32.8 Å². The van der Waals surface area contributed by atoms with Crippen LogP contribution < -0.4 is 5.32 Å². The molecule has 0 aliphatic carbocycles. The molecule has 0 saturated carbocycles. The molecule has 0 spiro atoms. The number of benzene rings is 3. The van der Waals surface area contributed by atoms with Crippen molar-refractivity contribution in [3.05, 3.63) is 82.5 Å². The average molecular weight is 470 g/mol. The highest BCUT2D eigenvalue weighted by Gasteiger charge is 2.35. The first-order valence-corrected chi connectivity index (χ1v) is 12.0. The molecule has 1 N–H and O–H groups in total. The van der Waals surface area contributed by atoms with E-state index in [2.05, 4.69) is 28.4 Å². The number of aryl methyl sites for hydroxylation is 1. The molecule has 34 heavy (non-hydrogen) atoms. The highest BCUT2D eigenvalue weighted by Crippen LogP contribution is 2.41. The Balaban J connectivity index is 1.60. The Labute approximate surface area is 202 Å². The molecule has 1 saturated heterocycles. The fourth-order valence-corrected chi connectivity index (χ4v) is 5.64. The third-order valence-electron chi connectivity index (χ3n) is 6.99. The van der Waals surface area contributed by atoms with Crippen LogP contribution in [0.5, 0.6) is 0 Å². The van der Waals surface area contributed by atoms with Crippen LogP contribution in [0.15, 0.2) is 60.8 Å². The third kappa shape index (κ3) is 3.35. The van der Waals surface area contributed by atoms with Crippen LogP contribution in [-0.4, -0.2) is 34.4 Å². The molecule has 1 aromatic heterocycles. The van der Waals surface area contributed by atoms with Gasteiger partial charge in [0.25, 0.3) is 11.8 Å². The summed E-state index contributed by atoms with van der Waals surface area (Å²) in [6.45, 7) is 3.07. The molecule has 0 unspecified atom stereocenters. The first-order chi connectivity index (χ1) is 16.5. The van der Waals surface area contributed by atoms with Crippen LogP contribution in [0.4, 0.5) is 0 Å². The minimum atomic E-state index is -0.410. The van der Waals surface area contributed by atoms with E-state index in [0.29, 0.717) is 21.7 Å². The number of amides is 2. The smallest absolute Gasteiger partial charge is 0.259 e. The van der Waals surface area contributed by atoms with Crippen LogP contribution in [0.2, 0.25) is 5.02 Å². The van der Waals surface area contributed by atoms with Crippen LogP contribution in [0, 0.1) is 0 Å². The van der Waals surface area contributed by atoms with E-state index in [1.807, 2.05) is 54.2 Å². The molecular formula is C28H24ClN3O2. The summed E-state index contributed by atoms with van der Waals surface area (Å²) in [6.07, 6.45) is 4.37. The van der Waals surface area contributed by atoms with Crippen molar-refractivity contribution < 1.29 is 9.59 Å². The third-order valence-corrected chi connectivity index (χ3v) is 7.30. The first kappa shape index (κ1) is 21.1. The molecule has 4 aromatic rings. The standard InChI is InChI=1S/C28H24ClN3O2/c1-31-16-21(19-6-2-3-7-23(19)31)25-26(28(34)30-27(25)33)24-20-14-17(15-32-12-4-5-13-32)8-9-18(20)10-11-22(24)29/h2-3,6-11,14,16H,4-5,12-13,15H2,1H3,(H,30,33,34). The summed E-state index contributed by atoms with van der Waals surface area (Å²) in [6, 6.07) is 18.0. The van der Waals surface area contributed by atoms with E-state index in [0.717, 1.165) is 46.9 Å². The van der Waals surface area contributed by atoms with Gasteiger partial charge in [-0.15, -0.1) is 0 Å². The van der Waals surface area contributed by atoms with Gasteiger partial charge in [0.15, 0.2) is 0 Å². The van der Waals surface area contributed by atoms with Gasteiger partial charge in [0.1, 0.15) is 0 Å². The quantitative estimate of drug-likeness (QED) is 0.421. The second-order valence-electron chi connectivity index (χ2n) is 9.17. The molecule has 0 radical (unpaired) electrons. The maximum absolute atomic E-state index is 13.2. The number of aromatic nitrogens is 1. The Kier molecular flexibility index (Phi) is 5.05. The number of halogens is 1. The van der Waals surface area contributed by atoms with Crippen molar-refractivity contribution in [2.75, 3.05) is 13.1 Å². The SMILES string of the molecule is Cn1cc(C2=C(c3c(Cl)ccc4ccc(CN5CCCC5)cc34)C(=O)NC2=O)c2ccccc21. The van der Waals surface area contributed by atoms with E-state index < -0.39 is 11.8 Å². The van der Waals surface area contributed by atoms with Gasteiger partial charge in [0, 0.05) is 46.8 Å². The molecule has 2 aliphatic heterocycles. The Bertz CT molecular complexity index is 1530. The van der Waals surface area contributed by atoms with E-state index in [1.165, 1.54) is 18.4 Å². The van der Waals surface area contributed by atoms with Crippen LogP contribution in [0.3, 0.4) is 0 Å². The topological polar surface area (TPSA) is 54.3 Å². The number of para-hydroxylation sites is 1. The summed E-state index contributed by atoms with van der Waals surface area (Å²) < 4.78 is 1.98. The molecule has 2 amide bonds. The highest BCUT2D eigenvalue weighted by atomic mass is 35.5. The van der Waals surface area contributed by atoms with Gasteiger partial charge in [0.05, 0.1) is 11.1 Å². The predicted octanol–water partition coefficient (Wildman–Crippen LogP) is 5.15. The van der Waals surface area contributed by atoms with Crippen molar-refractivity contribution in [1.82, 2.24) is 14.8 Å². The largest absolute Gasteiger partial charge is 0.350 e. The van der Waals surface area contributed by atoms with Crippen molar-refractivity contribution >= 4 is 56.2 Å². The number of fused-ring (bicyclic) bond motifs is 2. The summed E-state index contributed by atoms with van der Waals surface area (Å²) in [5.41, 5.74) is 4.24. The van der Waals surface area contributed by atoms with Crippen molar-refractivity contribution in [3.8, 4) is 0 Å². The second kappa shape index (κ2) is 8.12. The minimum absolute atomic E-state index is 0.343. The van der Waals surface area contributed by atoms with E-state index >= 15 is 0 Å². The summed E-state index contributed by atoms with van der Waals surface area (Å²) in [4.78, 5) is 28.8. The summed E-state index contributed by atoms with van der Waals surface area (Å²) in [5, 5.41) is 5.79. The van der Waals surface area contributed by atoms with Gasteiger partial charge < -0.3 is 4.57 Å². The number of hydrogen-bond donors (Lipinski definition) is 1. The maximum Gasteiger partial charge on any atom is 0.259 e. The fourth-order valence-electron chi connectivity index (χ4n) is 5.38. The number of carbonyl (C=O) groups excluding carboxylic acids is 2. The Hall–Kier alpha value is -3.41. The summed E-state index contributed by atoms with van der Waals surface area (Å²) >= 11 is 6.75. The van der Waals surface area contributed by atoms with Crippen molar-refractivity contribution in [3.63, 3.8) is 0 Å². The molecule has 5 nitrogen and oxygen atoms in total. The molecule has 0 bridgehead atoms. The molecule has 6 heteroatoms. The predicted molar refractivity (Wildman–Crippen MR) is 136 cm³/mol. The average Bonchev–Trinajstić information content (AvgIpc) is 3.52. The number of carbonyl (C=O) groups is 2. The van der Waals surface area contributed by atoms with E-state index in [9.17, 15) is 9.59 Å². The number of hydrogen-bond acceptors (Lipinski definition) is 3. The molecule has 0 atom stereocenters. The Morgan fingerprint density at radius 2 is 1.65 bits per heavy atom. The fraction of sp³-hybridized carbons (Fsp3) is 0.214. The molecule has 3 heterocycles. The van der Waals surface area contributed by atoms with Crippen molar-refractivity contribution in [1.29, 1.82) is 0 Å². The lowest BCUT2D eigenvalue weighted by atomic mass is 9.91. The number of nitrogens with one attached hydrogen (secondary N) is 1. The second-order valence-corrected chi connectivity index (χ2v) is 9.57. The lowest BCUT2D eigenvalue weighted by molar-refractivity contribution is -0.122. The van der Waals surface area contributed by atoms with Gasteiger partial charge in [-0.3, -0.25) is 19.8 Å². The normalized spacial score (nSPS) is 16.9.